The first-order valence-corrected chi connectivity index (χ1v) is 4.96. The summed E-state index contributed by atoms with van der Waals surface area (Å²) in [6.45, 7) is 1.70. The Morgan fingerprint density at radius 2 is 2.29 bits per heavy atom. The van der Waals surface area contributed by atoms with Crippen LogP contribution in [0.15, 0.2) is 18.2 Å². The molecule has 1 amide bonds. The summed E-state index contributed by atoms with van der Waals surface area (Å²) >= 11 is 0. The fourth-order valence-corrected chi connectivity index (χ4v) is 1.18. The summed E-state index contributed by atoms with van der Waals surface area (Å²) in [5, 5.41) is 12.9. The first kappa shape index (κ1) is 13.0. The number of amides is 1. The Labute approximate surface area is 96.8 Å². The fraction of sp³-hybridized carbons (Fsp3) is 0.300. The molecule has 1 aromatic carbocycles. The first-order valence-electron chi connectivity index (χ1n) is 4.96. The van der Waals surface area contributed by atoms with Gasteiger partial charge in [0.15, 0.2) is 0 Å². The predicted molar refractivity (Wildman–Crippen MR) is 60.0 cm³/mol. The van der Waals surface area contributed by atoms with Gasteiger partial charge < -0.3 is 11.1 Å². The van der Waals surface area contributed by atoms with Crippen LogP contribution in [0.3, 0.4) is 0 Å². The number of rotatable bonds is 4. The third-order valence-electron chi connectivity index (χ3n) is 2.19. The molecule has 0 spiro atoms. The first-order chi connectivity index (χ1) is 7.95. The summed E-state index contributed by atoms with van der Waals surface area (Å²) < 4.78 is 12.9. The highest BCUT2D eigenvalue weighted by Crippen LogP contribution is 2.24. The van der Waals surface area contributed by atoms with Gasteiger partial charge in [-0.2, -0.15) is 0 Å². The Balaban J connectivity index is 3.00. The third kappa shape index (κ3) is 3.22. The lowest BCUT2D eigenvalue weighted by atomic mass is 10.2. The number of anilines is 1. The van der Waals surface area contributed by atoms with E-state index in [0.717, 1.165) is 18.2 Å². The van der Waals surface area contributed by atoms with E-state index in [9.17, 15) is 19.3 Å². The quantitative estimate of drug-likeness (QED) is 0.615. The molecule has 0 aliphatic heterocycles. The summed E-state index contributed by atoms with van der Waals surface area (Å²) in [4.78, 5) is 21.4. The van der Waals surface area contributed by atoms with Crippen LogP contribution in [0.5, 0.6) is 0 Å². The maximum atomic E-state index is 12.9. The number of hydrogen-bond acceptors (Lipinski definition) is 4. The number of nitro groups is 1. The van der Waals surface area contributed by atoms with Crippen LogP contribution in [0.1, 0.15) is 13.3 Å². The number of carbonyl (C=O) groups excluding carboxylic acids is 1. The molecule has 1 aromatic rings. The molecule has 1 rings (SSSR count). The van der Waals surface area contributed by atoms with E-state index >= 15 is 0 Å². The van der Waals surface area contributed by atoms with Crippen molar-refractivity contribution in [3.63, 3.8) is 0 Å². The van der Waals surface area contributed by atoms with Gasteiger partial charge in [0, 0.05) is 12.1 Å². The maximum Gasteiger partial charge on any atom is 0.292 e. The van der Waals surface area contributed by atoms with Gasteiger partial charge in [-0.3, -0.25) is 14.9 Å². The minimum absolute atomic E-state index is 0.191. The Morgan fingerprint density at radius 1 is 1.65 bits per heavy atom. The van der Waals surface area contributed by atoms with E-state index in [-0.39, 0.29) is 11.4 Å². The second-order valence-electron chi connectivity index (χ2n) is 3.42. The highest BCUT2D eigenvalue weighted by atomic mass is 19.1. The molecule has 0 aliphatic carbocycles. The molecule has 0 heterocycles. The number of nitro benzene ring substituents is 1. The number of halogens is 1. The van der Waals surface area contributed by atoms with Gasteiger partial charge in [-0.15, -0.1) is 0 Å². The van der Waals surface area contributed by atoms with Crippen LogP contribution in [0.25, 0.3) is 0 Å². The Bertz CT molecular complexity index is 450. The van der Waals surface area contributed by atoms with Crippen molar-refractivity contribution in [2.75, 3.05) is 5.32 Å². The molecule has 0 aromatic heterocycles. The summed E-state index contributed by atoms with van der Waals surface area (Å²) in [7, 11) is 0. The number of nitrogens with zero attached hydrogens (tertiary/aromatic N) is 1. The van der Waals surface area contributed by atoms with Crippen LogP contribution in [0.2, 0.25) is 0 Å². The second-order valence-corrected chi connectivity index (χ2v) is 3.42. The Hall–Kier alpha value is -2.02. The standard InChI is InChI=1S/C10H12FN3O3/c1-2-7(12)10(15)13-8-5-6(11)3-4-9(8)14(16)17/h3-5,7H,2,12H2,1H3,(H,13,15)/t7-/m1/s1. The van der Waals surface area contributed by atoms with Gasteiger partial charge in [0.1, 0.15) is 11.5 Å². The summed E-state index contributed by atoms with van der Waals surface area (Å²) in [5.41, 5.74) is 4.89. The van der Waals surface area contributed by atoms with Gasteiger partial charge in [0.05, 0.1) is 11.0 Å². The minimum Gasteiger partial charge on any atom is -0.320 e. The molecule has 0 unspecified atom stereocenters. The number of nitrogens with two attached hydrogens (primary N) is 1. The van der Waals surface area contributed by atoms with Crippen LogP contribution in [0, 0.1) is 15.9 Å². The molecule has 7 heteroatoms. The van der Waals surface area contributed by atoms with Crippen molar-refractivity contribution >= 4 is 17.3 Å². The van der Waals surface area contributed by atoms with Crippen molar-refractivity contribution in [1.82, 2.24) is 0 Å². The van der Waals surface area contributed by atoms with Crippen LogP contribution in [-0.2, 0) is 4.79 Å². The fourth-order valence-electron chi connectivity index (χ4n) is 1.18. The van der Waals surface area contributed by atoms with Gasteiger partial charge in [-0.1, -0.05) is 6.92 Å². The van der Waals surface area contributed by atoms with Crippen molar-refractivity contribution in [1.29, 1.82) is 0 Å². The van der Waals surface area contributed by atoms with Gasteiger partial charge in [0.25, 0.3) is 5.69 Å². The molecule has 92 valence electrons. The lowest BCUT2D eigenvalue weighted by Crippen LogP contribution is -2.35. The van der Waals surface area contributed by atoms with Gasteiger partial charge in [-0.05, 0) is 12.5 Å². The van der Waals surface area contributed by atoms with E-state index in [4.69, 9.17) is 5.73 Å². The second kappa shape index (κ2) is 5.35. The van der Waals surface area contributed by atoms with Crippen molar-refractivity contribution in [2.45, 2.75) is 19.4 Å². The highest BCUT2D eigenvalue weighted by Gasteiger charge is 2.19. The molecule has 6 nitrogen and oxygen atoms in total. The SMILES string of the molecule is CC[C@@H](N)C(=O)Nc1cc(F)ccc1[N+](=O)[O-]. The lowest BCUT2D eigenvalue weighted by Gasteiger charge is -2.10. The molecular weight excluding hydrogens is 229 g/mol. The van der Waals surface area contributed by atoms with Crippen LogP contribution in [0.4, 0.5) is 15.8 Å². The molecule has 17 heavy (non-hydrogen) atoms. The Kier molecular flexibility index (Phi) is 4.11. The topological polar surface area (TPSA) is 98.3 Å². The van der Waals surface area contributed by atoms with E-state index in [1.54, 1.807) is 6.92 Å². The number of carbonyl (C=O) groups is 1. The molecular formula is C10H12FN3O3. The highest BCUT2D eigenvalue weighted by molar-refractivity contribution is 5.96. The molecule has 0 saturated carbocycles. The van der Waals surface area contributed by atoms with Crippen molar-refractivity contribution in [2.24, 2.45) is 5.73 Å². The zero-order valence-electron chi connectivity index (χ0n) is 9.14. The van der Waals surface area contributed by atoms with Crippen LogP contribution in [-0.4, -0.2) is 16.9 Å². The Morgan fingerprint density at radius 3 is 2.82 bits per heavy atom. The monoisotopic (exact) mass is 241 g/mol. The molecule has 3 N–H and O–H groups in total. The zero-order chi connectivity index (χ0) is 13.0. The van der Waals surface area contributed by atoms with E-state index in [1.807, 2.05) is 0 Å². The third-order valence-corrected chi connectivity index (χ3v) is 2.19. The predicted octanol–water partition coefficient (Wildman–Crippen LogP) is 1.41. The molecule has 0 radical (unpaired) electrons. The van der Waals surface area contributed by atoms with E-state index in [2.05, 4.69) is 5.32 Å². The van der Waals surface area contributed by atoms with Gasteiger partial charge in [0.2, 0.25) is 5.91 Å². The average molecular weight is 241 g/mol. The molecule has 0 aliphatic rings. The molecule has 0 saturated heterocycles. The zero-order valence-corrected chi connectivity index (χ0v) is 9.14. The van der Waals surface area contributed by atoms with E-state index in [1.165, 1.54) is 0 Å². The van der Waals surface area contributed by atoms with Crippen LogP contribution < -0.4 is 11.1 Å². The van der Waals surface area contributed by atoms with E-state index in [0.29, 0.717) is 6.42 Å². The summed E-state index contributed by atoms with van der Waals surface area (Å²) in [6, 6.07) is 2.05. The normalized spacial score (nSPS) is 11.9. The molecule has 1 atom stereocenters. The van der Waals surface area contributed by atoms with E-state index < -0.39 is 22.7 Å². The largest absolute Gasteiger partial charge is 0.320 e. The van der Waals surface area contributed by atoms with Crippen molar-refractivity contribution in [3.8, 4) is 0 Å². The molecule has 0 fully saturated rings. The maximum absolute atomic E-state index is 12.9. The molecule has 0 bridgehead atoms. The van der Waals surface area contributed by atoms with Crippen LogP contribution >= 0.6 is 0 Å². The minimum atomic E-state index is -0.780. The van der Waals surface area contributed by atoms with Crippen molar-refractivity contribution in [3.05, 3.63) is 34.1 Å². The number of nitrogens with one attached hydrogen (secondary N) is 1. The lowest BCUT2D eigenvalue weighted by molar-refractivity contribution is -0.384. The number of benzene rings is 1. The summed E-state index contributed by atoms with van der Waals surface area (Å²) in [5.74, 6) is -1.25. The number of hydrogen-bond donors (Lipinski definition) is 2. The van der Waals surface area contributed by atoms with Crippen molar-refractivity contribution < 1.29 is 14.1 Å². The smallest absolute Gasteiger partial charge is 0.292 e. The van der Waals surface area contributed by atoms with Gasteiger partial charge in [-0.25, -0.2) is 4.39 Å². The van der Waals surface area contributed by atoms with Gasteiger partial charge >= 0.3 is 0 Å². The average Bonchev–Trinajstić information content (AvgIpc) is 2.27. The summed E-state index contributed by atoms with van der Waals surface area (Å²) in [6.07, 6.45) is 0.384.